The molecule has 2 atom stereocenters. The first-order chi connectivity index (χ1) is 11.7. The van der Waals surface area contributed by atoms with E-state index in [1.807, 2.05) is 43.3 Å². The molecule has 0 aromatic heterocycles. The van der Waals surface area contributed by atoms with Crippen molar-refractivity contribution in [3.63, 3.8) is 0 Å². The van der Waals surface area contributed by atoms with Crippen molar-refractivity contribution in [2.45, 2.75) is 32.2 Å². The number of methoxy groups -OCH3 is 1. The molecule has 0 fully saturated rings. The molecule has 0 unspecified atom stereocenters. The zero-order valence-electron chi connectivity index (χ0n) is 14.4. The van der Waals surface area contributed by atoms with Crippen LogP contribution in [0.3, 0.4) is 0 Å². The van der Waals surface area contributed by atoms with Crippen molar-refractivity contribution in [3.8, 4) is 0 Å². The minimum Gasteiger partial charge on any atom is -0.490 e. The molecule has 0 amide bonds. The van der Waals surface area contributed by atoms with Crippen LogP contribution in [-0.4, -0.2) is 29.3 Å². The summed E-state index contributed by atoms with van der Waals surface area (Å²) in [5, 5.41) is 10.6. The van der Waals surface area contributed by atoms with E-state index in [4.69, 9.17) is 4.74 Å². The van der Waals surface area contributed by atoms with E-state index in [1.165, 1.54) is 18.2 Å². The maximum Gasteiger partial charge on any atom is 0.167 e. The number of nitrogens with zero attached hydrogens (tertiary/aromatic N) is 1. The van der Waals surface area contributed by atoms with Gasteiger partial charge in [0.2, 0.25) is 0 Å². The molecular formula is C21H25NO2. The van der Waals surface area contributed by atoms with Gasteiger partial charge in [-0.05, 0) is 18.1 Å². The van der Waals surface area contributed by atoms with Crippen molar-refractivity contribution in [1.29, 1.82) is 0 Å². The van der Waals surface area contributed by atoms with Gasteiger partial charge in [0.05, 0.1) is 7.11 Å². The number of rotatable bonds is 8. The van der Waals surface area contributed by atoms with E-state index >= 15 is 0 Å². The van der Waals surface area contributed by atoms with Gasteiger partial charge in [-0.2, -0.15) is 0 Å². The van der Waals surface area contributed by atoms with Gasteiger partial charge in [-0.25, -0.2) is 0 Å². The monoisotopic (exact) mass is 323 g/mol. The number of benzene rings is 2. The van der Waals surface area contributed by atoms with Crippen LogP contribution < -0.4 is 0 Å². The average molecular weight is 323 g/mol. The molecule has 3 nitrogen and oxygen atoms in total. The molecule has 0 aliphatic rings. The molecule has 24 heavy (non-hydrogen) atoms. The Bertz CT molecular complexity index is 621. The van der Waals surface area contributed by atoms with E-state index in [0.717, 1.165) is 13.1 Å². The second kappa shape index (κ2) is 9.09. The lowest BCUT2D eigenvalue weighted by Crippen LogP contribution is -2.41. The number of hydrogen-bond acceptors (Lipinski definition) is 3. The third-order valence-corrected chi connectivity index (χ3v) is 4.15. The van der Waals surface area contributed by atoms with Crippen molar-refractivity contribution in [3.05, 3.63) is 89.9 Å². The highest BCUT2D eigenvalue weighted by Crippen LogP contribution is 2.18. The summed E-state index contributed by atoms with van der Waals surface area (Å²) in [6.07, 6.45) is -0.778. The quantitative estimate of drug-likeness (QED) is 0.593. The van der Waals surface area contributed by atoms with Crippen molar-refractivity contribution >= 4 is 0 Å². The lowest BCUT2D eigenvalue weighted by molar-refractivity contribution is 0.0371. The standard InChI is InChI=1S/C21H25NO2/c1-4-20(24-3)21(23)17(2)22(15-18-11-7-5-8-12-18)16-19-13-9-6-10-14-19/h5-14,17,21,23H,1,15-16H2,2-3H3/t17-,21-/m1/s1. The Kier molecular flexibility index (Phi) is 6.83. The summed E-state index contributed by atoms with van der Waals surface area (Å²) in [4.78, 5) is 2.23. The highest BCUT2D eigenvalue weighted by Gasteiger charge is 2.25. The van der Waals surface area contributed by atoms with Crippen LogP contribution in [0.5, 0.6) is 0 Å². The van der Waals surface area contributed by atoms with Gasteiger partial charge < -0.3 is 9.84 Å². The van der Waals surface area contributed by atoms with Gasteiger partial charge in [-0.3, -0.25) is 4.90 Å². The SMILES string of the molecule is C=C=C(OC)[C@H](O)[C@@H](C)N(Cc1ccccc1)Cc1ccccc1. The van der Waals surface area contributed by atoms with Crippen LogP contribution in [0.4, 0.5) is 0 Å². The molecule has 1 N–H and O–H groups in total. The second-order valence-corrected chi connectivity index (χ2v) is 5.81. The smallest absolute Gasteiger partial charge is 0.167 e. The largest absolute Gasteiger partial charge is 0.490 e. The third kappa shape index (κ3) is 4.84. The van der Waals surface area contributed by atoms with E-state index < -0.39 is 6.10 Å². The normalized spacial score (nSPS) is 13.2. The van der Waals surface area contributed by atoms with Gasteiger partial charge in [0.25, 0.3) is 0 Å². The number of aliphatic hydroxyl groups is 1. The van der Waals surface area contributed by atoms with E-state index in [1.54, 1.807) is 0 Å². The summed E-state index contributed by atoms with van der Waals surface area (Å²) in [5.74, 6) is 0.369. The molecule has 3 heteroatoms. The van der Waals surface area contributed by atoms with Gasteiger partial charge in [0.1, 0.15) is 6.10 Å². The van der Waals surface area contributed by atoms with Crippen LogP contribution in [0.1, 0.15) is 18.1 Å². The Balaban J connectivity index is 2.22. The average Bonchev–Trinajstić information content (AvgIpc) is 2.63. The summed E-state index contributed by atoms with van der Waals surface area (Å²) >= 11 is 0. The predicted molar refractivity (Wildman–Crippen MR) is 97.3 cm³/mol. The van der Waals surface area contributed by atoms with E-state index in [0.29, 0.717) is 5.76 Å². The molecule has 0 heterocycles. The summed E-state index contributed by atoms with van der Waals surface area (Å²) < 4.78 is 5.20. The zero-order chi connectivity index (χ0) is 17.4. The van der Waals surface area contributed by atoms with Crippen LogP contribution in [0.25, 0.3) is 0 Å². The molecule has 0 saturated carbocycles. The third-order valence-electron chi connectivity index (χ3n) is 4.15. The Hall–Kier alpha value is -2.32. The Morgan fingerprint density at radius 1 is 1.04 bits per heavy atom. The fourth-order valence-corrected chi connectivity index (χ4v) is 2.70. The maximum atomic E-state index is 10.6. The van der Waals surface area contributed by atoms with Gasteiger partial charge >= 0.3 is 0 Å². The van der Waals surface area contributed by atoms with E-state index in [-0.39, 0.29) is 6.04 Å². The molecule has 2 rings (SSSR count). The van der Waals surface area contributed by atoms with Crippen LogP contribution in [0.2, 0.25) is 0 Å². The fraction of sp³-hybridized carbons (Fsp3) is 0.286. The predicted octanol–water partition coefficient (Wildman–Crippen LogP) is 3.75. The van der Waals surface area contributed by atoms with Crippen molar-refractivity contribution in [1.82, 2.24) is 4.90 Å². The second-order valence-electron chi connectivity index (χ2n) is 5.81. The summed E-state index contributed by atoms with van der Waals surface area (Å²) in [5.41, 5.74) is 5.09. The molecule has 2 aromatic rings. The number of hydrogen-bond donors (Lipinski definition) is 1. The first kappa shape index (κ1) is 18.0. The molecule has 0 aliphatic carbocycles. The number of ether oxygens (including phenoxy) is 1. The molecule has 0 radical (unpaired) electrons. The van der Waals surface area contributed by atoms with Crippen molar-refractivity contribution < 1.29 is 9.84 Å². The first-order valence-electron chi connectivity index (χ1n) is 8.09. The topological polar surface area (TPSA) is 32.7 Å². The molecule has 0 bridgehead atoms. The molecule has 0 saturated heterocycles. The van der Waals surface area contributed by atoms with Gasteiger partial charge in [-0.15, -0.1) is 0 Å². The molecule has 0 spiro atoms. The Morgan fingerprint density at radius 3 is 1.88 bits per heavy atom. The van der Waals surface area contributed by atoms with Crippen LogP contribution in [0.15, 0.2) is 78.7 Å². The summed E-state index contributed by atoms with van der Waals surface area (Å²) in [6, 6.07) is 20.4. The minimum absolute atomic E-state index is 0.144. The lowest BCUT2D eigenvalue weighted by Gasteiger charge is -2.32. The first-order valence-corrected chi connectivity index (χ1v) is 8.09. The Morgan fingerprint density at radius 2 is 1.50 bits per heavy atom. The Labute approximate surface area is 144 Å². The van der Waals surface area contributed by atoms with E-state index in [9.17, 15) is 5.11 Å². The van der Waals surface area contributed by atoms with Gasteiger partial charge in [-0.1, -0.05) is 73.0 Å². The van der Waals surface area contributed by atoms with Crippen molar-refractivity contribution in [2.24, 2.45) is 0 Å². The summed E-state index contributed by atoms with van der Waals surface area (Å²) in [7, 11) is 1.53. The molecule has 0 aliphatic heterocycles. The lowest BCUT2D eigenvalue weighted by atomic mass is 10.1. The van der Waals surface area contributed by atoms with Crippen LogP contribution in [-0.2, 0) is 17.8 Å². The zero-order valence-corrected chi connectivity index (χ0v) is 14.4. The highest BCUT2D eigenvalue weighted by atomic mass is 16.5. The highest BCUT2D eigenvalue weighted by molar-refractivity contribution is 5.18. The molecule has 126 valence electrons. The summed E-state index contributed by atoms with van der Waals surface area (Å²) in [6.45, 7) is 7.07. The maximum absolute atomic E-state index is 10.6. The van der Waals surface area contributed by atoms with Gasteiger partial charge in [0, 0.05) is 19.1 Å². The fourth-order valence-electron chi connectivity index (χ4n) is 2.70. The van der Waals surface area contributed by atoms with E-state index in [2.05, 4.69) is 41.5 Å². The molecule has 2 aromatic carbocycles. The van der Waals surface area contributed by atoms with Crippen molar-refractivity contribution in [2.75, 3.05) is 7.11 Å². The van der Waals surface area contributed by atoms with Crippen LogP contribution >= 0.6 is 0 Å². The minimum atomic E-state index is -0.778. The van der Waals surface area contributed by atoms with Gasteiger partial charge in [0.15, 0.2) is 5.76 Å². The molecular weight excluding hydrogens is 298 g/mol. The number of aliphatic hydroxyl groups excluding tert-OH is 1. The van der Waals surface area contributed by atoms with Crippen LogP contribution in [0, 0.1) is 0 Å².